The molecular formula is C9H12ClN5O2S2. The van der Waals surface area contributed by atoms with Gasteiger partial charge in [-0.25, -0.2) is 23.1 Å². The van der Waals surface area contributed by atoms with Crippen LogP contribution in [0.25, 0.3) is 0 Å². The average molecular weight is 322 g/mol. The van der Waals surface area contributed by atoms with Crippen LogP contribution in [0.4, 0.5) is 0 Å². The first kappa shape index (κ1) is 14.4. The van der Waals surface area contributed by atoms with Crippen molar-refractivity contribution < 1.29 is 8.42 Å². The van der Waals surface area contributed by atoms with E-state index in [-0.39, 0.29) is 15.2 Å². The summed E-state index contributed by atoms with van der Waals surface area (Å²) in [7, 11) is -1.82. The molecule has 0 amide bonds. The maximum atomic E-state index is 12.0. The average Bonchev–Trinajstić information content (AvgIpc) is 2.85. The molecule has 0 fully saturated rings. The van der Waals surface area contributed by atoms with Crippen LogP contribution >= 0.6 is 22.9 Å². The van der Waals surface area contributed by atoms with E-state index in [0.29, 0.717) is 17.9 Å². The number of nitrogens with zero attached hydrogens (tertiary/aromatic N) is 4. The second-order valence-corrected chi connectivity index (χ2v) is 7.37. The molecule has 0 saturated carbocycles. The van der Waals surface area contributed by atoms with E-state index in [1.54, 1.807) is 25.0 Å². The lowest BCUT2D eigenvalue weighted by Gasteiger charge is -2.03. The fourth-order valence-corrected chi connectivity index (χ4v) is 4.27. The lowest BCUT2D eigenvalue weighted by molar-refractivity contribution is 0.582. The second kappa shape index (κ2) is 5.53. The minimum absolute atomic E-state index is 0.145. The Hall–Kier alpha value is -1.03. The van der Waals surface area contributed by atoms with Crippen LogP contribution in [0.3, 0.4) is 0 Å². The number of halogens is 1. The smallest absolute Gasteiger partial charge is 0.251 e. The number of sulfonamides is 1. The molecule has 0 aliphatic rings. The molecule has 2 aromatic heterocycles. The Balaban J connectivity index is 2.00. The Kier molecular flexibility index (Phi) is 4.19. The van der Waals surface area contributed by atoms with Crippen LogP contribution in [-0.4, -0.2) is 34.7 Å². The Bertz CT molecular complexity index is 679. The quantitative estimate of drug-likeness (QED) is 0.878. The topological polar surface area (TPSA) is 89.8 Å². The number of nitrogens with one attached hydrogen (secondary N) is 1. The monoisotopic (exact) mass is 321 g/mol. The first-order valence-electron chi connectivity index (χ1n) is 5.35. The lowest BCUT2D eigenvalue weighted by atomic mass is 10.4. The van der Waals surface area contributed by atoms with Gasteiger partial charge < -0.3 is 0 Å². The highest BCUT2D eigenvalue weighted by Gasteiger charge is 2.20. The second-order valence-electron chi connectivity index (χ2n) is 3.82. The van der Waals surface area contributed by atoms with Gasteiger partial charge in [0.1, 0.15) is 6.33 Å². The van der Waals surface area contributed by atoms with Gasteiger partial charge in [0, 0.05) is 20.0 Å². The van der Waals surface area contributed by atoms with Crippen LogP contribution in [0, 0.1) is 6.92 Å². The van der Waals surface area contributed by atoms with Gasteiger partial charge in [-0.05, 0) is 6.92 Å². The van der Waals surface area contributed by atoms with Crippen LogP contribution in [-0.2, 0) is 23.5 Å². The van der Waals surface area contributed by atoms with Crippen molar-refractivity contribution in [3.05, 3.63) is 22.3 Å². The molecule has 10 heteroatoms. The predicted molar refractivity (Wildman–Crippen MR) is 71.8 cm³/mol. The van der Waals surface area contributed by atoms with E-state index >= 15 is 0 Å². The summed E-state index contributed by atoms with van der Waals surface area (Å²) in [6.45, 7) is 1.83. The molecule has 0 atom stereocenters. The van der Waals surface area contributed by atoms with E-state index in [1.165, 1.54) is 0 Å². The molecule has 1 N–H and O–H groups in total. The van der Waals surface area contributed by atoms with Crippen LogP contribution < -0.4 is 4.72 Å². The number of rotatable bonds is 5. The number of hydrogen-bond acceptors (Lipinski definition) is 6. The summed E-state index contributed by atoms with van der Waals surface area (Å²) >= 11 is 6.64. The van der Waals surface area contributed by atoms with E-state index in [2.05, 4.69) is 19.8 Å². The van der Waals surface area contributed by atoms with Crippen molar-refractivity contribution in [2.75, 3.05) is 6.54 Å². The molecule has 0 spiro atoms. The SMILES string of the molecule is Cc1nc(Cl)sc1S(=O)(=O)NCCc1ncn(C)n1. The zero-order chi connectivity index (χ0) is 14.0. The summed E-state index contributed by atoms with van der Waals surface area (Å²) in [5.74, 6) is 0.587. The van der Waals surface area contributed by atoms with Crippen molar-refractivity contribution in [1.29, 1.82) is 0 Å². The molecule has 104 valence electrons. The van der Waals surface area contributed by atoms with Crippen molar-refractivity contribution in [2.45, 2.75) is 17.6 Å². The number of aryl methyl sites for hydroxylation is 2. The Morgan fingerprint density at radius 1 is 1.53 bits per heavy atom. The van der Waals surface area contributed by atoms with Gasteiger partial charge in [0.2, 0.25) is 0 Å². The zero-order valence-corrected chi connectivity index (χ0v) is 12.7. The van der Waals surface area contributed by atoms with E-state index in [1.807, 2.05) is 0 Å². The third-order valence-electron chi connectivity index (χ3n) is 2.26. The molecule has 19 heavy (non-hydrogen) atoms. The molecule has 0 saturated heterocycles. The van der Waals surface area contributed by atoms with Crippen molar-refractivity contribution in [2.24, 2.45) is 7.05 Å². The molecule has 2 aromatic rings. The maximum Gasteiger partial charge on any atom is 0.251 e. The summed E-state index contributed by atoms with van der Waals surface area (Å²) in [4.78, 5) is 7.90. The largest absolute Gasteiger partial charge is 0.256 e. The highest BCUT2D eigenvalue weighted by atomic mass is 35.5. The van der Waals surface area contributed by atoms with Gasteiger partial charge in [-0.3, -0.25) is 4.68 Å². The Morgan fingerprint density at radius 3 is 2.79 bits per heavy atom. The Morgan fingerprint density at radius 2 is 2.26 bits per heavy atom. The molecule has 0 aliphatic heterocycles. The predicted octanol–water partition coefficient (Wildman–Crippen LogP) is 0.754. The standard InChI is InChI=1S/C9H12ClN5O2S2/c1-6-8(18-9(10)13-6)19(16,17)12-4-3-7-11-5-15(2)14-7/h5,12H,3-4H2,1-2H3. The first-order chi connectivity index (χ1) is 8.88. The molecule has 0 unspecified atom stereocenters. The normalized spacial score (nSPS) is 11.9. The van der Waals surface area contributed by atoms with Crippen LogP contribution in [0.2, 0.25) is 4.47 Å². The van der Waals surface area contributed by atoms with E-state index in [0.717, 1.165) is 11.3 Å². The third kappa shape index (κ3) is 3.50. The molecule has 2 rings (SSSR count). The maximum absolute atomic E-state index is 12.0. The van der Waals surface area contributed by atoms with Gasteiger partial charge in [-0.1, -0.05) is 22.9 Å². The lowest BCUT2D eigenvalue weighted by Crippen LogP contribution is -2.26. The van der Waals surface area contributed by atoms with Crippen molar-refractivity contribution in [3.8, 4) is 0 Å². The fraction of sp³-hybridized carbons (Fsp3) is 0.444. The van der Waals surface area contributed by atoms with Crippen molar-refractivity contribution in [1.82, 2.24) is 24.5 Å². The third-order valence-corrected chi connectivity index (χ3v) is 5.59. The molecule has 0 bridgehead atoms. The van der Waals surface area contributed by atoms with Gasteiger partial charge >= 0.3 is 0 Å². The van der Waals surface area contributed by atoms with Gasteiger partial charge in [0.25, 0.3) is 10.0 Å². The van der Waals surface area contributed by atoms with E-state index < -0.39 is 10.0 Å². The highest BCUT2D eigenvalue weighted by Crippen LogP contribution is 2.26. The zero-order valence-electron chi connectivity index (χ0n) is 10.3. The van der Waals surface area contributed by atoms with Crippen molar-refractivity contribution >= 4 is 33.0 Å². The van der Waals surface area contributed by atoms with Crippen LogP contribution in [0.15, 0.2) is 10.5 Å². The summed E-state index contributed by atoms with van der Waals surface area (Å²) in [5, 5.41) is 4.06. The van der Waals surface area contributed by atoms with Crippen molar-refractivity contribution in [3.63, 3.8) is 0 Å². The van der Waals surface area contributed by atoms with Crippen LogP contribution in [0.5, 0.6) is 0 Å². The molecule has 0 aliphatic carbocycles. The molecule has 0 aromatic carbocycles. The molecule has 0 radical (unpaired) electrons. The summed E-state index contributed by atoms with van der Waals surface area (Å²) in [5.41, 5.74) is 0.401. The van der Waals surface area contributed by atoms with E-state index in [4.69, 9.17) is 11.6 Å². The number of thiazole rings is 1. The molecule has 7 nitrogen and oxygen atoms in total. The minimum atomic E-state index is -3.57. The summed E-state index contributed by atoms with van der Waals surface area (Å²) < 4.78 is 28.4. The Labute approximate surface area is 119 Å². The fourth-order valence-electron chi connectivity index (χ4n) is 1.46. The van der Waals surface area contributed by atoms with Gasteiger partial charge in [-0.15, -0.1) is 0 Å². The first-order valence-corrected chi connectivity index (χ1v) is 8.03. The number of hydrogen-bond donors (Lipinski definition) is 1. The highest BCUT2D eigenvalue weighted by molar-refractivity contribution is 7.91. The summed E-state index contributed by atoms with van der Waals surface area (Å²) in [6.07, 6.45) is 1.99. The number of aromatic nitrogens is 4. The van der Waals surface area contributed by atoms with Crippen LogP contribution in [0.1, 0.15) is 11.5 Å². The van der Waals surface area contributed by atoms with Gasteiger partial charge in [0.15, 0.2) is 14.5 Å². The minimum Gasteiger partial charge on any atom is -0.256 e. The molecule has 2 heterocycles. The van der Waals surface area contributed by atoms with E-state index in [9.17, 15) is 8.42 Å². The molecular weight excluding hydrogens is 310 g/mol. The van der Waals surface area contributed by atoms with Gasteiger partial charge in [0.05, 0.1) is 5.69 Å². The summed E-state index contributed by atoms with van der Waals surface area (Å²) in [6, 6.07) is 0. The van der Waals surface area contributed by atoms with Gasteiger partial charge in [-0.2, -0.15) is 5.10 Å².